The monoisotopic (exact) mass is 665 g/mol. The third-order valence-electron chi connectivity index (χ3n) is 14.2. The molecule has 1 aliphatic heterocycles. The summed E-state index contributed by atoms with van der Waals surface area (Å²) >= 11 is 0. The van der Waals surface area contributed by atoms with E-state index in [4.69, 9.17) is 4.74 Å². The van der Waals surface area contributed by atoms with Crippen molar-refractivity contribution in [1.82, 2.24) is 4.90 Å². The van der Waals surface area contributed by atoms with Crippen LogP contribution in [-0.2, 0) is 14.3 Å². The summed E-state index contributed by atoms with van der Waals surface area (Å²) in [6, 6.07) is 6.93. The Kier molecular flexibility index (Phi) is 9.61. The van der Waals surface area contributed by atoms with Crippen molar-refractivity contribution in [3.63, 3.8) is 0 Å². The lowest BCUT2D eigenvalue weighted by molar-refractivity contribution is -0.883. The molecule has 6 rings (SSSR count). The number of hydrogen-bond acceptors (Lipinski definition) is 6. The maximum Gasteiger partial charge on any atom is 0.362 e. The van der Waals surface area contributed by atoms with E-state index in [0.29, 0.717) is 77.0 Å². The number of amides is 2. The van der Waals surface area contributed by atoms with Gasteiger partial charge < -0.3 is 19.4 Å². The standard InChI is InChI=1S/C39H56N2O7/c1-24(11-16-34(43)44)30-14-15-31-29-13-12-25-21-26(17-18-38(25,2)32(29)22-33(42)39(30,31)3)48-35(45)23-41(4,5)20-8-19-40-36(46)27-9-6-7-10-28(27)37(40)47/h6-7,9-10,24-26,29-33,42H,8,11-23H2,1-5H3/p+1/t24-,25-,26-,29+,30-,31+,32+,33+,38+,39-/m1/s1. The molecule has 1 aromatic rings. The van der Waals surface area contributed by atoms with Gasteiger partial charge in [-0.2, -0.15) is 0 Å². The molecule has 4 fully saturated rings. The molecule has 0 spiro atoms. The Balaban J connectivity index is 1.00. The number of aliphatic carboxylic acids is 1. The Morgan fingerprint density at radius 2 is 1.69 bits per heavy atom. The molecule has 48 heavy (non-hydrogen) atoms. The highest BCUT2D eigenvalue weighted by Gasteiger charge is 2.64. The minimum atomic E-state index is -0.738. The Bertz CT molecular complexity index is 1390. The minimum absolute atomic E-state index is 0.0878. The molecule has 9 heteroatoms. The average Bonchev–Trinajstić information content (AvgIpc) is 3.51. The summed E-state index contributed by atoms with van der Waals surface area (Å²) < 4.78 is 6.56. The lowest BCUT2D eigenvalue weighted by atomic mass is 9.43. The summed E-state index contributed by atoms with van der Waals surface area (Å²) in [6.07, 6.45) is 9.08. The second-order valence-corrected chi connectivity index (χ2v) is 17.2. The average molecular weight is 666 g/mol. The number of likely N-dealkylation sites (N-methyl/N-ethyl adjacent to an activating group) is 1. The van der Waals surface area contributed by atoms with Crippen molar-refractivity contribution in [2.24, 2.45) is 46.3 Å². The number of aliphatic hydroxyl groups is 1. The largest absolute Gasteiger partial charge is 0.481 e. The molecule has 10 atom stereocenters. The molecular formula is C39H57N2O7+. The van der Waals surface area contributed by atoms with Gasteiger partial charge in [0.25, 0.3) is 11.8 Å². The topological polar surface area (TPSA) is 121 Å². The smallest absolute Gasteiger partial charge is 0.362 e. The number of ether oxygens (including phenoxy) is 1. The summed E-state index contributed by atoms with van der Waals surface area (Å²) in [5, 5.41) is 21.1. The van der Waals surface area contributed by atoms with Gasteiger partial charge >= 0.3 is 11.9 Å². The number of imide groups is 1. The van der Waals surface area contributed by atoms with Crippen LogP contribution in [0.3, 0.4) is 0 Å². The number of carbonyl (C=O) groups is 4. The molecule has 5 aliphatic rings. The number of benzene rings is 1. The van der Waals surface area contributed by atoms with E-state index in [1.807, 2.05) is 14.1 Å². The number of fused-ring (bicyclic) bond motifs is 6. The summed E-state index contributed by atoms with van der Waals surface area (Å²) in [5.41, 5.74) is 0.897. The van der Waals surface area contributed by atoms with Crippen molar-refractivity contribution >= 4 is 23.8 Å². The van der Waals surface area contributed by atoms with Crippen molar-refractivity contribution < 1.29 is 38.6 Å². The zero-order valence-corrected chi connectivity index (χ0v) is 29.7. The number of rotatable bonds is 11. The van der Waals surface area contributed by atoms with Crippen LogP contribution in [0.25, 0.3) is 0 Å². The summed E-state index contributed by atoms with van der Waals surface area (Å²) in [6.45, 7) is 8.15. The van der Waals surface area contributed by atoms with E-state index < -0.39 is 5.97 Å². The maximum absolute atomic E-state index is 13.2. The molecular weight excluding hydrogens is 608 g/mol. The third-order valence-corrected chi connectivity index (χ3v) is 14.2. The first-order chi connectivity index (χ1) is 22.7. The van der Waals surface area contributed by atoms with Crippen LogP contribution in [0.15, 0.2) is 24.3 Å². The van der Waals surface area contributed by atoms with E-state index in [2.05, 4.69) is 20.8 Å². The molecule has 0 bridgehead atoms. The second kappa shape index (κ2) is 13.2. The SMILES string of the molecule is C[C@H](CCC(=O)O)[C@H]1CC[C@H]2[C@@H]3CC[C@@H]4C[C@H](OC(=O)C[N+](C)(C)CCCN5C(=O)c6ccccc6C5=O)CC[C@]4(C)[C@H]3C[C@H](O)[C@]12C. The van der Waals surface area contributed by atoms with Crippen LogP contribution in [0.1, 0.15) is 112 Å². The fourth-order valence-corrected chi connectivity index (χ4v) is 11.6. The molecule has 0 unspecified atom stereocenters. The van der Waals surface area contributed by atoms with Gasteiger partial charge in [-0.05, 0) is 116 Å². The van der Waals surface area contributed by atoms with Crippen LogP contribution in [0.5, 0.6) is 0 Å². The molecule has 0 radical (unpaired) electrons. The molecule has 2 amide bonds. The number of carboxylic acid groups (broad SMARTS) is 1. The molecule has 4 saturated carbocycles. The lowest BCUT2D eigenvalue weighted by Gasteiger charge is -2.62. The minimum Gasteiger partial charge on any atom is -0.481 e. The predicted octanol–water partition coefficient (Wildman–Crippen LogP) is 5.79. The van der Waals surface area contributed by atoms with E-state index in [-0.39, 0.29) is 53.8 Å². The number of hydrogen-bond donors (Lipinski definition) is 2. The second-order valence-electron chi connectivity index (χ2n) is 17.2. The highest BCUT2D eigenvalue weighted by molar-refractivity contribution is 6.21. The third kappa shape index (κ3) is 6.23. The van der Waals surface area contributed by atoms with Gasteiger partial charge in [-0.3, -0.25) is 19.3 Å². The van der Waals surface area contributed by atoms with Gasteiger partial charge in [0.15, 0.2) is 6.54 Å². The van der Waals surface area contributed by atoms with Crippen molar-refractivity contribution in [2.75, 3.05) is 33.7 Å². The van der Waals surface area contributed by atoms with Gasteiger partial charge in [0.2, 0.25) is 0 Å². The number of nitrogens with zero attached hydrogens (tertiary/aromatic N) is 2. The first-order valence-corrected chi connectivity index (χ1v) is 18.5. The zero-order chi connectivity index (χ0) is 34.6. The van der Waals surface area contributed by atoms with Crippen LogP contribution >= 0.6 is 0 Å². The number of esters is 1. The van der Waals surface area contributed by atoms with Crippen LogP contribution < -0.4 is 0 Å². The molecule has 0 saturated heterocycles. The van der Waals surface area contributed by atoms with Crippen molar-refractivity contribution in [1.29, 1.82) is 0 Å². The summed E-state index contributed by atoms with van der Waals surface area (Å²) in [5.74, 6) is 1.24. The van der Waals surface area contributed by atoms with Crippen LogP contribution in [-0.4, -0.2) is 89.3 Å². The molecule has 1 heterocycles. The Morgan fingerprint density at radius 3 is 2.35 bits per heavy atom. The molecule has 0 aromatic heterocycles. The van der Waals surface area contributed by atoms with E-state index in [1.54, 1.807) is 24.3 Å². The fraction of sp³-hybridized carbons (Fsp3) is 0.744. The predicted molar refractivity (Wildman–Crippen MR) is 181 cm³/mol. The van der Waals surface area contributed by atoms with Crippen LogP contribution in [0.4, 0.5) is 0 Å². The first kappa shape index (κ1) is 35.1. The molecule has 9 nitrogen and oxygen atoms in total. The van der Waals surface area contributed by atoms with Gasteiger partial charge in [0.1, 0.15) is 6.10 Å². The van der Waals surface area contributed by atoms with Crippen molar-refractivity contribution in [3.8, 4) is 0 Å². The first-order valence-electron chi connectivity index (χ1n) is 18.5. The highest BCUT2D eigenvalue weighted by atomic mass is 16.5. The van der Waals surface area contributed by atoms with Gasteiger partial charge in [0, 0.05) is 19.4 Å². The summed E-state index contributed by atoms with van der Waals surface area (Å²) in [7, 11) is 3.98. The van der Waals surface area contributed by atoms with Crippen molar-refractivity contribution in [3.05, 3.63) is 35.4 Å². The van der Waals surface area contributed by atoms with E-state index in [1.165, 1.54) is 4.90 Å². The number of quaternary nitrogens is 1. The van der Waals surface area contributed by atoms with E-state index >= 15 is 0 Å². The van der Waals surface area contributed by atoms with Gasteiger partial charge in [-0.25, -0.2) is 4.79 Å². The van der Waals surface area contributed by atoms with Gasteiger partial charge in [-0.15, -0.1) is 0 Å². The Labute approximate surface area is 286 Å². The zero-order valence-electron chi connectivity index (χ0n) is 29.7. The van der Waals surface area contributed by atoms with E-state index in [9.17, 15) is 29.4 Å². The lowest BCUT2D eigenvalue weighted by Crippen LogP contribution is -2.59. The Morgan fingerprint density at radius 1 is 1.00 bits per heavy atom. The molecule has 4 aliphatic carbocycles. The fourth-order valence-electron chi connectivity index (χ4n) is 11.6. The highest BCUT2D eigenvalue weighted by Crippen LogP contribution is 2.68. The van der Waals surface area contributed by atoms with Crippen molar-refractivity contribution in [2.45, 2.75) is 104 Å². The summed E-state index contributed by atoms with van der Waals surface area (Å²) in [4.78, 5) is 51.2. The number of carboxylic acids is 1. The maximum atomic E-state index is 13.2. The van der Waals surface area contributed by atoms with E-state index in [0.717, 1.165) is 51.4 Å². The molecule has 2 N–H and O–H groups in total. The van der Waals surface area contributed by atoms with Gasteiger partial charge in [0.05, 0.1) is 37.9 Å². The Hall–Kier alpha value is -2.78. The van der Waals surface area contributed by atoms with Gasteiger partial charge in [-0.1, -0.05) is 32.9 Å². The number of aliphatic hydroxyl groups excluding tert-OH is 1. The van der Waals surface area contributed by atoms with Crippen LogP contribution in [0, 0.1) is 46.3 Å². The van der Waals surface area contributed by atoms with Crippen LogP contribution in [0.2, 0.25) is 0 Å². The quantitative estimate of drug-likeness (QED) is 0.174. The molecule has 1 aromatic carbocycles. The molecule has 264 valence electrons. The normalized spacial score (nSPS) is 36.5. The number of carbonyl (C=O) groups excluding carboxylic acids is 3.